The van der Waals surface area contributed by atoms with E-state index in [-0.39, 0.29) is 33.5 Å². The molecule has 5 heteroatoms. The Bertz CT molecular complexity index is 1140. The SMILES string of the molecule is CC(C)(C)c1cc(CNCCCCC(=O)NCCNC(=O)c2cc(C(C)(C)C)cc(C(C)(C)C)c2)cc(C(C)(C)C)c1. The van der Waals surface area contributed by atoms with Gasteiger partial charge < -0.3 is 16.0 Å². The van der Waals surface area contributed by atoms with Gasteiger partial charge in [-0.15, -0.1) is 0 Å². The quantitative estimate of drug-likeness (QED) is 0.240. The van der Waals surface area contributed by atoms with Crippen LogP contribution in [0.3, 0.4) is 0 Å². The number of nitrogens with one attached hydrogen (secondary N) is 3. The lowest BCUT2D eigenvalue weighted by Crippen LogP contribution is -2.35. The minimum Gasteiger partial charge on any atom is -0.354 e. The molecule has 2 aromatic carbocycles. The largest absolute Gasteiger partial charge is 0.354 e. The molecule has 0 aliphatic heterocycles. The van der Waals surface area contributed by atoms with E-state index in [0.717, 1.165) is 37.1 Å². The summed E-state index contributed by atoms with van der Waals surface area (Å²) in [5, 5.41) is 9.48. The minimum absolute atomic E-state index is 0.0293. The second kappa shape index (κ2) is 14.2. The molecule has 0 bridgehead atoms. The van der Waals surface area contributed by atoms with Crippen molar-refractivity contribution in [2.45, 2.75) is 131 Å². The summed E-state index contributed by atoms with van der Waals surface area (Å²) < 4.78 is 0. The highest BCUT2D eigenvalue weighted by Gasteiger charge is 2.23. The van der Waals surface area contributed by atoms with E-state index in [4.69, 9.17) is 0 Å². The zero-order valence-corrected chi connectivity index (χ0v) is 28.7. The molecule has 0 fully saturated rings. The molecule has 0 aliphatic rings. The third kappa shape index (κ3) is 11.6. The average Bonchev–Trinajstić information content (AvgIpc) is 2.86. The van der Waals surface area contributed by atoms with Gasteiger partial charge in [-0.1, -0.05) is 107 Å². The number of rotatable bonds is 11. The van der Waals surface area contributed by atoms with Crippen molar-refractivity contribution < 1.29 is 9.59 Å². The topological polar surface area (TPSA) is 70.2 Å². The van der Waals surface area contributed by atoms with E-state index in [0.29, 0.717) is 25.1 Å². The molecule has 0 atom stereocenters. The van der Waals surface area contributed by atoms with Gasteiger partial charge in [0, 0.05) is 31.6 Å². The van der Waals surface area contributed by atoms with Gasteiger partial charge in [0.05, 0.1) is 0 Å². The van der Waals surface area contributed by atoms with Crippen LogP contribution < -0.4 is 16.0 Å². The molecule has 0 heterocycles. The Labute approximate surface area is 257 Å². The summed E-state index contributed by atoms with van der Waals surface area (Å²) in [6, 6.07) is 13.2. The molecule has 0 radical (unpaired) electrons. The number of amides is 2. The molecule has 42 heavy (non-hydrogen) atoms. The molecule has 0 spiro atoms. The van der Waals surface area contributed by atoms with Crippen LogP contribution >= 0.6 is 0 Å². The van der Waals surface area contributed by atoms with Crippen molar-refractivity contribution >= 4 is 11.8 Å². The van der Waals surface area contributed by atoms with Crippen molar-refractivity contribution in [1.82, 2.24) is 16.0 Å². The predicted octanol–water partition coefficient (Wildman–Crippen LogP) is 7.68. The van der Waals surface area contributed by atoms with E-state index in [1.807, 2.05) is 12.1 Å². The van der Waals surface area contributed by atoms with E-state index in [2.05, 4.69) is 123 Å². The first-order valence-electron chi connectivity index (χ1n) is 15.7. The molecule has 0 aromatic heterocycles. The lowest BCUT2D eigenvalue weighted by Gasteiger charge is -2.26. The fraction of sp³-hybridized carbons (Fsp3) is 0.622. The van der Waals surface area contributed by atoms with Gasteiger partial charge in [-0.05, 0) is 81.0 Å². The summed E-state index contributed by atoms with van der Waals surface area (Å²) in [5.74, 6) is -0.0729. The molecule has 234 valence electrons. The molecule has 2 aromatic rings. The van der Waals surface area contributed by atoms with E-state index in [1.54, 1.807) is 0 Å². The summed E-state index contributed by atoms with van der Waals surface area (Å²) in [6.07, 6.45) is 2.26. The molecule has 0 saturated carbocycles. The fourth-order valence-electron chi connectivity index (χ4n) is 4.62. The summed E-state index contributed by atoms with van der Waals surface area (Å²) in [6.45, 7) is 29.1. The van der Waals surface area contributed by atoms with Crippen molar-refractivity contribution in [3.63, 3.8) is 0 Å². The van der Waals surface area contributed by atoms with Gasteiger partial charge in [0.1, 0.15) is 0 Å². The van der Waals surface area contributed by atoms with Gasteiger partial charge in [0.2, 0.25) is 5.91 Å². The Kier molecular flexibility index (Phi) is 12.0. The van der Waals surface area contributed by atoms with Crippen LogP contribution in [-0.2, 0) is 33.0 Å². The van der Waals surface area contributed by atoms with Crippen LogP contribution in [-0.4, -0.2) is 31.4 Å². The van der Waals surface area contributed by atoms with E-state index < -0.39 is 0 Å². The van der Waals surface area contributed by atoms with Crippen LogP contribution in [0.1, 0.15) is 141 Å². The van der Waals surface area contributed by atoms with Crippen LogP contribution in [0.5, 0.6) is 0 Å². The molecule has 0 aliphatic carbocycles. The van der Waals surface area contributed by atoms with Crippen molar-refractivity contribution in [2.75, 3.05) is 19.6 Å². The van der Waals surface area contributed by atoms with Crippen molar-refractivity contribution in [1.29, 1.82) is 0 Å². The van der Waals surface area contributed by atoms with E-state index in [9.17, 15) is 9.59 Å². The van der Waals surface area contributed by atoms with Crippen LogP contribution in [0.15, 0.2) is 36.4 Å². The van der Waals surface area contributed by atoms with Crippen LogP contribution in [0, 0.1) is 0 Å². The molecule has 0 saturated heterocycles. The highest BCUT2D eigenvalue weighted by molar-refractivity contribution is 5.94. The maximum absolute atomic E-state index is 12.9. The van der Waals surface area contributed by atoms with E-state index >= 15 is 0 Å². The molecular formula is C37H59N3O2. The Morgan fingerprint density at radius 3 is 1.43 bits per heavy atom. The number of hydrogen-bond donors (Lipinski definition) is 3. The molecule has 0 unspecified atom stereocenters. The zero-order chi connectivity index (χ0) is 31.9. The van der Waals surface area contributed by atoms with Gasteiger partial charge in [0.15, 0.2) is 0 Å². The number of hydrogen-bond acceptors (Lipinski definition) is 3. The number of carbonyl (C=O) groups excluding carboxylic acids is 2. The van der Waals surface area contributed by atoms with Crippen molar-refractivity contribution in [3.05, 3.63) is 69.8 Å². The standard InChI is InChI=1S/C37H59N3O2/c1-34(2,3)28-19-26(20-29(23-28)35(4,5)6)25-38-16-14-13-15-32(41)39-17-18-40-33(42)27-21-30(36(7,8)9)24-31(22-27)37(10,11)12/h19-24,38H,13-18,25H2,1-12H3,(H,39,41)(H,40,42). The molecular weight excluding hydrogens is 518 g/mol. The summed E-state index contributed by atoms with van der Waals surface area (Å²) >= 11 is 0. The highest BCUT2D eigenvalue weighted by atomic mass is 16.2. The molecule has 5 nitrogen and oxygen atoms in total. The summed E-state index contributed by atoms with van der Waals surface area (Å²) in [4.78, 5) is 25.3. The Balaban J connectivity index is 1.74. The summed E-state index contributed by atoms with van der Waals surface area (Å²) in [7, 11) is 0. The summed E-state index contributed by atoms with van der Waals surface area (Å²) in [5.41, 5.74) is 7.14. The Morgan fingerprint density at radius 2 is 0.976 bits per heavy atom. The third-order valence-corrected chi connectivity index (χ3v) is 7.72. The van der Waals surface area contributed by atoms with Crippen molar-refractivity contribution in [2.24, 2.45) is 0 Å². The van der Waals surface area contributed by atoms with Gasteiger partial charge in [0.25, 0.3) is 5.91 Å². The monoisotopic (exact) mass is 577 g/mol. The second-order valence-corrected chi connectivity index (χ2v) is 16.0. The third-order valence-electron chi connectivity index (χ3n) is 7.72. The van der Waals surface area contributed by atoms with Gasteiger partial charge in [-0.25, -0.2) is 0 Å². The first-order chi connectivity index (χ1) is 19.2. The smallest absolute Gasteiger partial charge is 0.251 e. The minimum atomic E-state index is -0.102. The van der Waals surface area contributed by atoms with Crippen LogP contribution in [0.25, 0.3) is 0 Å². The molecule has 2 amide bonds. The lowest BCUT2D eigenvalue weighted by atomic mass is 9.79. The molecule has 3 N–H and O–H groups in total. The second-order valence-electron chi connectivity index (χ2n) is 16.0. The maximum atomic E-state index is 12.9. The molecule has 2 rings (SSSR count). The number of unbranched alkanes of at least 4 members (excludes halogenated alkanes) is 1. The van der Waals surface area contributed by atoms with Crippen LogP contribution in [0.2, 0.25) is 0 Å². The zero-order valence-electron chi connectivity index (χ0n) is 28.7. The normalized spacial score (nSPS) is 12.8. The first kappa shape index (κ1) is 35.5. The number of benzene rings is 2. The Morgan fingerprint density at radius 1 is 0.548 bits per heavy atom. The maximum Gasteiger partial charge on any atom is 0.251 e. The van der Waals surface area contributed by atoms with Gasteiger partial charge >= 0.3 is 0 Å². The van der Waals surface area contributed by atoms with Gasteiger partial charge in [-0.3, -0.25) is 9.59 Å². The highest BCUT2D eigenvalue weighted by Crippen LogP contribution is 2.31. The predicted molar refractivity (Wildman–Crippen MR) is 179 cm³/mol. The van der Waals surface area contributed by atoms with Crippen molar-refractivity contribution in [3.8, 4) is 0 Å². The fourth-order valence-corrected chi connectivity index (χ4v) is 4.62. The number of carbonyl (C=O) groups is 2. The van der Waals surface area contributed by atoms with E-state index in [1.165, 1.54) is 16.7 Å². The first-order valence-corrected chi connectivity index (χ1v) is 15.7. The van der Waals surface area contributed by atoms with Gasteiger partial charge in [-0.2, -0.15) is 0 Å². The average molecular weight is 578 g/mol. The lowest BCUT2D eigenvalue weighted by molar-refractivity contribution is -0.121. The Hall–Kier alpha value is -2.66. The van der Waals surface area contributed by atoms with Crippen LogP contribution in [0.4, 0.5) is 0 Å².